The van der Waals surface area contributed by atoms with E-state index < -0.39 is 0 Å². The molecule has 5 rings (SSSR count). The quantitative estimate of drug-likeness (QED) is 0.698. The number of anilines is 3. The Morgan fingerprint density at radius 2 is 1.48 bits per heavy atom. The van der Waals surface area contributed by atoms with Crippen LogP contribution in [0.1, 0.15) is 10.5 Å². The molecule has 1 amide bonds. The lowest BCUT2D eigenvalue weighted by atomic mass is 10.2. The van der Waals surface area contributed by atoms with Crippen molar-refractivity contribution in [3.05, 3.63) is 54.5 Å². The summed E-state index contributed by atoms with van der Waals surface area (Å²) >= 11 is 0. The Balaban J connectivity index is 1.25. The molecule has 2 aliphatic rings. The highest BCUT2D eigenvalue weighted by molar-refractivity contribution is 6.02. The minimum Gasteiger partial charge on any atom is -0.486 e. The van der Waals surface area contributed by atoms with Crippen LogP contribution in [0, 0.1) is 0 Å². The van der Waals surface area contributed by atoms with Crippen molar-refractivity contribution in [3.63, 3.8) is 0 Å². The van der Waals surface area contributed by atoms with E-state index in [4.69, 9.17) is 18.9 Å². The third kappa shape index (κ3) is 3.57. The lowest BCUT2D eigenvalue weighted by Crippen LogP contribution is -2.15. The second-order valence-corrected chi connectivity index (χ2v) is 6.29. The lowest BCUT2D eigenvalue weighted by molar-refractivity contribution is 0.102. The molecule has 0 unspecified atom stereocenters. The molecule has 2 aliphatic heterocycles. The number of nitrogens with one attached hydrogen (secondary N) is 2. The van der Waals surface area contributed by atoms with Gasteiger partial charge in [0, 0.05) is 23.5 Å². The molecule has 29 heavy (non-hydrogen) atoms. The summed E-state index contributed by atoms with van der Waals surface area (Å²) in [6.07, 6.45) is 2.90. The zero-order chi connectivity index (χ0) is 19.6. The van der Waals surface area contributed by atoms with Gasteiger partial charge < -0.3 is 29.6 Å². The molecule has 0 saturated carbocycles. The van der Waals surface area contributed by atoms with Crippen LogP contribution in [0.15, 0.2) is 48.8 Å². The Hall–Kier alpha value is -4.01. The fourth-order valence-electron chi connectivity index (χ4n) is 2.95. The Labute approximate surface area is 165 Å². The van der Waals surface area contributed by atoms with E-state index in [0.29, 0.717) is 47.7 Å². The standard InChI is InChI=1S/C20H16N4O5/c25-20(24-13-2-4-16-18(8-13)29-11-28-16)14-9-22-19(10-21-14)23-12-1-3-15-17(7-12)27-6-5-26-15/h1-4,7-10H,5-6,11H2,(H,22,23)(H,24,25). The van der Waals surface area contributed by atoms with E-state index in [-0.39, 0.29) is 18.4 Å². The molecule has 0 radical (unpaired) electrons. The molecule has 9 heteroatoms. The summed E-state index contributed by atoms with van der Waals surface area (Å²) in [6.45, 7) is 1.24. The molecule has 0 bridgehead atoms. The van der Waals surface area contributed by atoms with Crippen molar-refractivity contribution in [1.29, 1.82) is 0 Å². The summed E-state index contributed by atoms with van der Waals surface area (Å²) in [5.74, 6) is 2.76. The van der Waals surface area contributed by atoms with Crippen molar-refractivity contribution >= 4 is 23.1 Å². The number of carbonyl (C=O) groups is 1. The zero-order valence-electron chi connectivity index (χ0n) is 15.2. The Bertz CT molecular complexity index is 1070. The molecule has 3 heterocycles. The van der Waals surface area contributed by atoms with Crippen LogP contribution in [0.2, 0.25) is 0 Å². The second kappa shape index (κ2) is 7.19. The van der Waals surface area contributed by atoms with Gasteiger partial charge in [0.15, 0.2) is 23.0 Å². The minimum atomic E-state index is -0.373. The highest BCUT2D eigenvalue weighted by Crippen LogP contribution is 2.35. The van der Waals surface area contributed by atoms with Crippen LogP contribution in [0.25, 0.3) is 0 Å². The van der Waals surface area contributed by atoms with E-state index in [1.165, 1.54) is 12.4 Å². The third-order valence-electron chi connectivity index (χ3n) is 4.33. The smallest absolute Gasteiger partial charge is 0.275 e. The number of nitrogens with zero attached hydrogens (tertiary/aromatic N) is 2. The van der Waals surface area contributed by atoms with Crippen molar-refractivity contribution < 1.29 is 23.7 Å². The second-order valence-electron chi connectivity index (χ2n) is 6.29. The third-order valence-corrected chi connectivity index (χ3v) is 4.33. The number of fused-ring (bicyclic) bond motifs is 2. The van der Waals surface area contributed by atoms with Crippen LogP contribution in [0.5, 0.6) is 23.0 Å². The van der Waals surface area contributed by atoms with Crippen molar-refractivity contribution in [2.45, 2.75) is 0 Å². The number of carbonyl (C=O) groups excluding carboxylic acids is 1. The maximum Gasteiger partial charge on any atom is 0.275 e. The maximum absolute atomic E-state index is 12.4. The molecule has 2 aromatic carbocycles. The van der Waals surface area contributed by atoms with Crippen LogP contribution in [-0.2, 0) is 0 Å². The summed E-state index contributed by atoms with van der Waals surface area (Å²) in [5.41, 5.74) is 1.55. The van der Waals surface area contributed by atoms with E-state index in [0.717, 1.165) is 5.69 Å². The first-order valence-corrected chi connectivity index (χ1v) is 8.94. The molecule has 0 atom stereocenters. The Morgan fingerprint density at radius 1 is 0.793 bits per heavy atom. The van der Waals surface area contributed by atoms with E-state index in [1.54, 1.807) is 18.2 Å². The highest BCUT2D eigenvalue weighted by Gasteiger charge is 2.16. The predicted molar refractivity (Wildman–Crippen MR) is 103 cm³/mol. The highest BCUT2D eigenvalue weighted by atomic mass is 16.7. The van der Waals surface area contributed by atoms with Gasteiger partial charge in [0.05, 0.1) is 12.4 Å². The number of benzene rings is 2. The minimum absolute atomic E-state index is 0.177. The van der Waals surface area contributed by atoms with Crippen LogP contribution >= 0.6 is 0 Å². The molecular weight excluding hydrogens is 376 g/mol. The van der Waals surface area contributed by atoms with Gasteiger partial charge in [-0.25, -0.2) is 9.97 Å². The molecule has 0 aliphatic carbocycles. The van der Waals surface area contributed by atoms with E-state index >= 15 is 0 Å². The largest absolute Gasteiger partial charge is 0.486 e. The Morgan fingerprint density at radius 3 is 2.31 bits per heavy atom. The average Bonchev–Trinajstić information content (AvgIpc) is 3.22. The fraction of sp³-hybridized carbons (Fsp3) is 0.150. The molecule has 146 valence electrons. The average molecular weight is 392 g/mol. The molecule has 3 aromatic rings. The number of aromatic nitrogens is 2. The van der Waals surface area contributed by atoms with Gasteiger partial charge in [-0.1, -0.05) is 0 Å². The fourth-order valence-corrected chi connectivity index (χ4v) is 2.95. The van der Waals surface area contributed by atoms with Gasteiger partial charge in [0.1, 0.15) is 24.7 Å². The topological polar surface area (TPSA) is 104 Å². The van der Waals surface area contributed by atoms with Gasteiger partial charge >= 0.3 is 0 Å². The number of amides is 1. The first kappa shape index (κ1) is 17.1. The number of hydrogen-bond acceptors (Lipinski definition) is 8. The molecule has 0 spiro atoms. The summed E-state index contributed by atoms with van der Waals surface area (Å²) in [5, 5.41) is 5.89. The van der Waals surface area contributed by atoms with Crippen LogP contribution in [-0.4, -0.2) is 35.9 Å². The zero-order valence-corrected chi connectivity index (χ0v) is 15.2. The molecule has 2 N–H and O–H groups in total. The number of rotatable bonds is 4. The van der Waals surface area contributed by atoms with E-state index in [9.17, 15) is 4.79 Å². The lowest BCUT2D eigenvalue weighted by Gasteiger charge is -2.19. The van der Waals surface area contributed by atoms with Crippen molar-refractivity contribution in [1.82, 2.24) is 9.97 Å². The molecule has 0 saturated heterocycles. The summed E-state index contributed by atoms with van der Waals surface area (Å²) < 4.78 is 21.6. The van der Waals surface area contributed by atoms with Crippen molar-refractivity contribution in [3.8, 4) is 23.0 Å². The molecule has 9 nitrogen and oxygen atoms in total. The monoisotopic (exact) mass is 392 g/mol. The van der Waals surface area contributed by atoms with Crippen molar-refractivity contribution in [2.24, 2.45) is 0 Å². The van der Waals surface area contributed by atoms with Gasteiger partial charge in [-0.2, -0.15) is 0 Å². The van der Waals surface area contributed by atoms with Gasteiger partial charge in [0.25, 0.3) is 5.91 Å². The molecular formula is C20H16N4O5. The van der Waals surface area contributed by atoms with E-state index in [1.807, 2.05) is 18.2 Å². The first-order valence-electron chi connectivity index (χ1n) is 8.94. The maximum atomic E-state index is 12.4. The summed E-state index contributed by atoms with van der Waals surface area (Å²) in [6, 6.07) is 10.7. The molecule has 0 fully saturated rings. The Kier molecular flexibility index (Phi) is 4.24. The molecule has 1 aromatic heterocycles. The van der Waals surface area contributed by atoms with Crippen LogP contribution in [0.3, 0.4) is 0 Å². The van der Waals surface area contributed by atoms with Crippen LogP contribution < -0.4 is 29.6 Å². The van der Waals surface area contributed by atoms with Gasteiger partial charge in [-0.15, -0.1) is 0 Å². The number of ether oxygens (including phenoxy) is 4. The SMILES string of the molecule is O=C(Nc1ccc2c(c1)OCO2)c1cnc(Nc2ccc3c(c2)OCCO3)cn1. The number of hydrogen-bond donors (Lipinski definition) is 2. The van der Waals surface area contributed by atoms with Crippen LogP contribution in [0.4, 0.5) is 17.2 Å². The summed E-state index contributed by atoms with van der Waals surface area (Å²) in [4.78, 5) is 20.8. The van der Waals surface area contributed by atoms with Gasteiger partial charge in [-0.3, -0.25) is 4.79 Å². The van der Waals surface area contributed by atoms with Crippen molar-refractivity contribution in [2.75, 3.05) is 30.6 Å². The van der Waals surface area contributed by atoms with Gasteiger partial charge in [0.2, 0.25) is 6.79 Å². The van der Waals surface area contributed by atoms with E-state index in [2.05, 4.69) is 20.6 Å². The summed E-state index contributed by atoms with van der Waals surface area (Å²) in [7, 11) is 0. The predicted octanol–water partition coefficient (Wildman–Crippen LogP) is 2.97. The first-order chi connectivity index (χ1) is 14.2. The van der Waals surface area contributed by atoms with Gasteiger partial charge in [-0.05, 0) is 24.3 Å². The normalized spacial score (nSPS) is 13.7.